The van der Waals surface area contributed by atoms with Crippen molar-refractivity contribution >= 4 is 16.8 Å². The van der Waals surface area contributed by atoms with Crippen LogP contribution in [-0.4, -0.2) is 23.7 Å². The Bertz CT molecular complexity index is 672. The van der Waals surface area contributed by atoms with E-state index in [2.05, 4.69) is 0 Å². The molecule has 0 aliphatic carbocycles. The zero-order chi connectivity index (χ0) is 14.3. The van der Waals surface area contributed by atoms with Gasteiger partial charge in [-0.2, -0.15) is 0 Å². The van der Waals surface area contributed by atoms with Crippen molar-refractivity contribution in [3.8, 4) is 0 Å². The third-order valence-corrected chi connectivity index (χ3v) is 4.02. The molecule has 2 N–H and O–H groups in total. The maximum absolute atomic E-state index is 14.3. The number of aromatic nitrogens is 1. The maximum atomic E-state index is 14.3. The topological polar surface area (TPSA) is 57.2 Å². The van der Waals surface area contributed by atoms with Crippen LogP contribution in [0.5, 0.6) is 0 Å². The van der Waals surface area contributed by atoms with Crippen LogP contribution in [0.3, 0.4) is 0 Å². The van der Waals surface area contributed by atoms with Crippen molar-refractivity contribution in [2.24, 2.45) is 5.73 Å². The van der Waals surface area contributed by atoms with Crippen molar-refractivity contribution in [1.29, 1.82) is 0 Å². The molecule has 0 radical (unpaired) electrons. The molecule has 2 heterocycles. The summed E-state index contributed by atoms with van der Waals surface area (Å²) in [6, 6.07) is 4.93. The molecule has 0 bridgehead atoms. The maximum Gasteiger partial charge on any atom is 0.251 e. The Labute approximate surface area is 116 Å². The summed E-state index contributed by atoms with van der Waals surface area (Å²) >= 11 is 0. The van der Waals surface area contributed by atoms with Crippen LogP contribution in [0.2, 0.25) is 0 Å². The van der Waals surface area contributed by atoms with Crippen LogP contribution in [0, 0.1) is 12.7 Å². The lowest BCUT2D eigenvalue weighted by molar-refractivity contribution is 0.0701. The van der Waals surface area contributed by atoms with Gasteiger partial charge in [0, 0.05) is 30.3 Å². The highest BCUT2D eigenvalue weighted by Crippen LogP contribution is 2.34. The molecule has 0 atom stereocenters. The van der Waals surface area contributed by atoms with Gasteiger partial charge in [-0.15, -0.1) is 0 Å². The van der Waals surface area contributed by atoms with E-state index in [0.717, 1.165) is 18.5 Å². The Morgan fingerprint density at radius 3 is 2.75 bits per heavy atom. The van der Waals surface area contributed by atoms with Gasteiger partial charge in [-0.3, -0.25) is 4.79 Å². The number of nitrogens with two attached hydrogens (primary N) is 1. The number of ether oxygens (including phenoxy) is 1. The molecule has 0 spiro atoms. The van der Waals surface area contributed by atoms with Gasteiger partial charge >= 0.3 is 0 Å². The zero-order valence-corrected chi connectivity index (χ0v) is 11.4. The van der Waals surface area contributed by atoms with Crippen LogP contribution < -0.4 is 5.73 Å². The molecule has 2 aromatic rings. The van der Waals surface area contributed by atoms with Gasteiger partial charge in [0.25, 0.3) is 5.91 Å². The lowest BCUT2D eigenvalue weighted by atomic mass is 10.1. The molecule has 1 fully saturated rings. The van der Waals surface area contributed by atoms with Gasteiger partial charge in [0.15, 0.2) is 0 Å². The average Bonchev–Trinajstić information content (AvgIpc) is 2.73. The number of amides is 1. The van der Waals surface area contributed by atoms with Crippen molar-refractivity contribution in [2.45, 2.75) is 25.8 Å². The normalized spacial score (nSPS) is 16.7. The summed E-state index contributed by atoms with van der Waals surface area (Å²) < 4.78 is 21.5. The van der Waals surface area contributed by atoms with E-state index in [-0.39, 0.29) is 11.9 Å². The van der Waals surface area contributed by atoms with Crippen LogP contribution in [0.1, 0.15) is 34.9 Å². The molecule has 1 aliphatic heterocycles. The van der Waals surface area contributed by atoms with E-state index >= 15 is 0 Å². The lowest BCUT2D eigenvalue weighted by Crippen LogP contribution is -2.21. The van der Waals surface area contributed by atoms with Crippen LogP contribution in [0.15, 0.2) is 18.2 Å². The number of hydrogen-bond donors (Lipinski definition) is 1. The highest BCUT2D eigenvalue weighted by molar-refractivity contribution is 6.07. The minimum absolute atomic E-state index is 0.149. The first-order valence-corrected chi connectivity index (χ1v) is 6.78. The number of benzene rings is 1. The Balaban J connectivity index is 2.29. The largest absolute Gasteiger partial charge is 0.381 e. The molecule has 1 aromatic heterocycles. The molecule has 1 aromatic carbocycles. The number of fused-ring (bicyclic) bond motifs is 1. The first-order chi connectivity index (χ1) is 9.61. The van der Waals surface area contributed by atoms with Crippen molar-refractivity contribution < 1.29 is 13.9 Å². The highest BCUT2D eigenvalue weighted by Gasteiger charge is 2.26. The molecule has 3 rings (SSSR count). The van der Waals surface area contributed by atoms with Gasteiger partial charge in [0.1, 0.15) is 5.82 Å². The predicted molar refractivity (Wildman–Crippen MR) is 74.2 cm³/mol. The number of para-hydroxylation sites is 1. The molecular formula is C15H17FN2O2. The monoisotopic (exact) mass is 276 g/mol. The zero-order valence-electron chi connectivity index (χ0n) is 11.4. The summed E-state index contributed by atoms with van der Waals surface area (Å²) in [6.45, 7) is 3.14. The Kier molecular flexibility index (Phi) is 3.22. The molecule has 20 heavy (non-hydrogen) atoms. The predicted octanol–water partition coefficient (Wildman–Crippen LogP) is 2.54. The van der Waals surface area contributed by atoms with Gasteiger partial charge in [0.05, 0.1) is 11.1 Å². The van der Waals surface area contributed by atoms with E-state index in [1.165, 1.54) is 6.07 Å². The number of nitrogens with zero attached hydrogens (tertiary/aromatic N) is 1. The molecule has 5 heteroatoms. The number of carbonyl (C=O) groups excluding carboxylic acids is 1. The Morgan fingerprint density at radius 2 is 2.10 bits per heavy atom. The van der Waals surface area contributed by atoms with Gasteiger partial charge in [0.2, 0.25) is 0 Å². The van der Waals surface area contributed by atoms with Crippen LogP contribution in [0.25, 0.3) is 10.9 Å². The quantitative estimate of drug-likeness (QED) is 0.916. The first-order valence-electron chi connectivity index (χ1n) is 6.78. The standard InChI is InChI=1S/C15H17FN2O2/c1-9-13(15(17)19)11-3-2-4-12(16)14(11)18(9)10-5-7-20-8-6-10/h2-4,10H,5-8H2,1H3,(H2,17,19). The minimum Gasteiger partial charge on any atom is -0.381 e. The van der Waals surface area contributed by atoms with E-state index in [9.17, 15) is 9.18 Å². The summed E-state index contributed by atoms with van der Waals surface area (Å²) in [7, 11) is 0. The Morgan fingerprint density at radius 1 is 1.40 bits per heavy atom. The number of carbonyl (C=O) groups is 1. The smallest absolute Gasteiger partial charge is 0.251 e. The summed E-state index contributed by atoms with van der Waals surface area (Å²) in [5, 5.41) is 0.599. The summed E-state index contributed by atoms with van der Waals surface area (Å²) in [5.74, 6) is -0.825. The van der Waals surface area contributed by atoms with Crippen molar-refractivity contribution in [3.63, 3.8) is 0 Å². The molecular weight excluding hydrogens is 259 g/mol. The average molecular weight is 276 g/mol. The lowest BCUT2D eigenvalue weighted by Gasteiger charge is -2.26. The summed E-state index contributed by atoms with van der Waals surface area (Å²) in [5.41, 5.74) is 7.11. The van der Waals surface area contributed by atoms with Gasteiger partial charge in [-0.05, 0) is 25.8 Å². The highest BCUT2D eigenvalue weighted by atomic mass is 19.1. The molecule has 0 saturated carbocycles. The number of halogens is 1. The van der Waals surface area contributed by atoms with Crippen LogP contribution >= 0.6 is 0 Å². The number of primary amides is 1. The molecule has 1 amide bonds. The fourth-order valence-corrected chi connectivity index (χ4v) is 3.16. The second-order valence-corrected chi connectivity index (χ2v) is 5.17. The molecule has 0 unspecified atom stereocenters. The van der Waals surface area contributed by atoms with Crippen LogP contribution in [-0.2, 0) is 4.74 Å². The second kappa shape index (κ2) is 4.90. The molecule has 4 nitrogen and oxygen atoms in total. The van der Waals surface area contributed by atoms with E-state index in [1.54, 1.807) is 12.1 Å². The van der Waals surface area contributed by atoms with Crippen molar-refractivity contribution in [3.05, 3.63) is 35.3 Å². The molecule has 1 aliphatic rings. The number of rotatable bonds is 2. The minimum atomic E-state index is -0.510. The molecule has 1 saturated heterocycles. The SMILES string of the molecule is Cc1c(C(N)=O)c2cccc(F)c2n1C1CCOCC1. The van der Waals surface area contributed by atoms with E-state index in [4.69, 9.17) is 10.5 Å². The van der Waals surface area contributed by atoms with E-state index in [0.29, 0.717) is 29.7 Å². The summed E-state index contributed by atoms with van der Waals surface area (Å²) in [6.07, 6.45) is 1.63. The van der Waals surface area contributed by atoms with E-state index < -0.39 is 5.91 Å². The third-order valence-electron chi connectivity index (χ3n) is 4.02. The Hall–Kier alpha value is -1.88. The van der Waals surface area contributed by atoms with Gasteiger partial charge in [-0.1, -0.05) is 12.1 Å². The summed E-state index contributed by atoms with van der Waals surface area (Å²) in [4.78, 5) is 11.7. The second-order valence-electron chi connectivity index (χ2n) is 5.17. The third kappa shape index (κ3) is 1.89. The number of hydrogen-bond acceptors (Lipinski definition) is 2. The fourth-order valence-electron chi connectivity index (χ4n) is 3.16. The van der Waals surface area contributed by atoms with Crippen molar-refractivity contribution in [2.75, 3.05) is 13.2 Å². The first kappa shape index (κ1) is 13.1. The fraction of sp³-hybridized carbons (Fsp3) is 0.400. The van der Waals surface area contributed by atoms with E-state index in [1.807, 2.05) is 11.5 Å². The molecule has 106 valence electrons. The van der Waals surface area contributed by atoms with Gasteiger partial charge < -0.3 is 15.0 Å². The van der Waals surface area contributed by atoms with Gasteiger partial charge in [-0.25, -0.2) is 4.39 Å². The van der Waals surface area contributed by atoms with Crippen LogP contribution in [0.4, 0.5) is 4.39 Å². The van der Waals surface area contributed by atoms with Crippen molar-refractivity contribution in [1.82, 2.24) is 4.57 Å².